The molecule has 1 saturated carbocycles. The smallest absolute Gasteiger partial charge is 0.261 e. The van der Waals surface area contributed by atoms with Crippen molar-refractivity contribution in [3.63, 3.8) is 0 Å². The highest BCUT2D eigenvalue weighted by molar-refractivity contribution is 6.15. The van der Waals surface area contributed by atoms with Gasteiger partial charge in [-0.2, -0.15) is 0 Å². The van der Waals surface area contributed by atoms with Gasteiger partial charge in [0.25, 0.3) is 11.8 Å². The number of amides is 2. The van der Waals surface area contributed by atoms with Crippen molar-refractivity contribution in [2.75, 3.05) is 30.6 Å². The fourth-order valence-corrected chi connectivity index (χ4v) is 9.36. The lowest BCUT2D eigenvalue weighted by Crippen LogP contribution is -2.37. The van der Waals surface area contributed by atoms with E-state index >= 15 is 0 Å². The fourth-order valence-electron chi connectivity index (χ4n) is 9.36. The molecule has 5 aliphatic rings. The number of carbonyl (C=O) groups is 2. The molecule has 1 fully saturated rings. The quantitative estimate of drug-likeness (QED) is 0.0966. The second-order valence-corrected chi connectivity index (χ2v) is 16.8. The number of aliphatic imine (C=N–C) groups is 2. The molecule has 0 radical (unpaired) electrons. The topological polar surface area (TPSA) is 111 Å². The van der Waals surface area contributed by atoms with E-state index in [9.17, 15) is 9.59 Å². The van der Waals surface area contributed by atoms with Crippen LogP contribution in [0.25, 0.3) is 0 Å². The molecule has 0 saturated heterocycles. The summed E-state index contributed by atoms with van der Waals surface area (Å²) in [7, 11) is 3.15. The number of rotatable bonds is 15. The zero-order chi connectivity index (χ0) is 42.2. The van der Waals surface area contributed by atoms with Gasteiger partial charge in [-0.3, -0.25) is 29.4 Å². The Morgan fingerprint density at radius 1 is 0.597 bits per heavy atom. The van der Waals surface area contributed by atoms with E-state index < -0.39 is 0 Å². The summed E-state index contributed by atoms with van der Waals surface area (Å²) in [6.07, 6.45) is 13.9. The first-order valence-electron chi connectivity index (χ1n) is 21.8. The summed E-state index contributed by atoms with van der Waals surface area (Å²) in [5.41, 5.74) is 7.79. The van der Waals surface area contributed by atoms with Gasteiger partial charge < -0.3 is 23.7 Å². The molecular formula is C51H50N4O7. The number of para-hydroxylation sites is 2. The molecule has 316 valence electrons. The van der Waals surface area contributed by atoms with Gasteiger partial charge in [0.2, 0.25) is 0 Å². The Hall–Kier alpha value is -6.62. The van der Waals surface area contributed by atoms with Crippen molar-refractivity contribution in [2.24, 2.45) is 15.9 Å². The molecule has 4 aliphatic heterocycles. The first-order valence-corrected chi connectivity index (χ1v) is 21.8. The Morgan fingerprint density at radius 3 is 1.63 bits per heavy atom. The maximum atomic E-state index is 14.0. The van der Waals surface area contributed by atoms with E-state index in [2.05, 4.69) is 12.1 Å². The summed E-state index contributed by atoms with van der Waals surface area (Å²) >= 11 is 0. The van der Waals surface area contributed by atoms with Crippen molar-refractivity contribution in [3.05, 3.63) is 124 Å². The number of ether oxygens (including phenoxy) is 5. The van der Waals surface area contributed by atoms with E-state index in [1.807, 2.05) is 76.8 Å². The van der Waals surface area contributed by atoms with Gasteiger partial charge in [-0.25, -0.2) is 0 Å². The highest BCUT2D eigenvalue weighted by atomic mass is 16.5. The highest BCUT2D eigenvalue weighted by Crippen LogP contribution is 2.43. The van der Waals surface area contributed by atoms with E-state index in [1.54, 1.807) is 38.5 Å². The van der Waals surface area contributed by atoms with Crippen LogP contribution in [0, 0.1) is 5.92 Å². The Bertz CT molecular complexity index is 2440. The summed E-state index contributed by atoms with van der Waals surface area (Å²) in [4.78, 5) is 41.2. The van der Waals surface area contributed by atoms with Gasteiger partial charge in [-0.1, -0.05) is 74.9 Å². The van der Waals surface area contributed by atoms with Crippen LogP contribution in [0.15, 0.2) is 101 Å². The summed E-state index contributed by atoms with van der Waals surface area (Å²) in [5, 5.41) is 0. The van der Waals surface area contributed by atoms with Gasteiger partial charge in [0.1, 0.15) is 19.0 Å². The third-order valence-corrected chi connectivity index (χ3v) is 12.8. The van der Waals surface area contributed by atoms with Gasteiger partial charge in [-0.15, -0.1) is 0 Å². The SMILES string of the molecule is COc1cc2c(cc1OCc1cc(COc3cc4c(cc3OC)C(=O)N3c5ccccc5C[C@H]3C=N4)cc(OCCCCCC3CCC3)c1)N=C[C@@H]1Cc3ccccc3N1C2=O. The zero-order valence-corrected chi connectivity index (χ0v) is 35.2. The van der Waals surface area contributed by atoms with Crippen LogP contribution in [0.5, 0.6) is 28.7 Å². The summed E-state index contributed by atoms with van der Waals surface area (Å²) in [6.45, 7) is 0.996. The van der Waals surface area contributed by atoms with Gasteiger partial charge in [-0.05, 0) is 77.1 Å². The lowest BCUT2D eigenvalue weighted by atomic mass is 9.82. The second-order valence-electron chi connectivity index (χ2n) is 16.8. The first kappa shape index (κ1) is 39.5. The van der Waals surface area contributed by atoms with E-state index in [4.69, 9.17) is 33.7 Å². The van der Waals surface area contributed by atoms with Crippen molar-refractivity contribution in [1.82, 2.24) is 0 Å². The van der Waals surface area contributed by atoms with Crippen LogP contribution in [-0.2, 0) is 26.1 Å². The predicted octanol–water partition coefficient (Wildman–Crippen LogP) is 10.2. The number of benzene rings is 5. The Balaban J connectivity index is 0.879. The maximum Gasteiger partial charge on any atom is 0.261 e. The molecule has 11 heteroatoms. The second kappa shape index (κ2) is 17.0. The molecule has 10 rings (SSSR count). The third kappa shape index (κ3) is 7.65. The van der Waals surface area contributed by atoms with Crippen LogP contribution >= 0.6 is 0 Å². The van der Waals surface area contributed by atoms with Crippen LogP contribution in [0.4, 0.5) is 22.7 Å². The van der Waals surface area contributed by atoms with Crippen molar-refractivity contribution >= 4 is 47.0 Å². The predicted molar refractivity (Wildman–Crippen MR) is 240 cm³/mol. The van der Waals surface area contributed by atoms with Crippen LogP contribution in [-0.4, -0.2) is 57.2 Å². The Morgan fingerprint density at radius 2 is 1.13 bits per heavy atom. The minimum absolute atomic E-state index is 0.120. The highest BCUT2D eigenvalue weighted by Gasteiger charge is 2.38. The maximum absolute atomic E-state index is 14.0. The summed E-state index contributed by atoms with van der Waals surface area (Å²) in [6, 6.07) is 28.7. The molecular weight excluding hydrogens is 781 g/mol. The molecule has 0 N–H and O–H groups in total. The van der Waals surface area contributed by atoms with E-state index in [-0.39, 0.29) is 37.1 Å². The number of anilines is 2. The van der Waals surface area contributed by atoms with E-state index in [0.717, 1.165) is 58.1 Å². The van der Waals surface area contributed by atoms with Gasteiger partial charge in [0.15, 0.2) is 23.0 Å². The van der Waals surface area contributed by atoms with Crippen LogP contribution in [0.2, 0.25) is 0 Å². The number of nitrogens with zero attached hydrogens (tertiary/aromatic N) is 4. The minimum atomic E-state index is -0.161. The molecule has 5 aromatic carbocycles. The molecule has 1 aliphatic carbocycles. The van der Waals surface area contributed by atoms with Crippen molar-refractivity contribution < 1.29 is 33.3 Å². The fraction of sp³-hybridized carbons (Fsp3) is 0.333. The number of unbranched alkanes of at least 4 members (excludes halogenated alkanes) is 2. The monoisotopic (exact) mass is 830 g/mol. The van der Waals surface area contributed by atoms with E-state index in [0.29, 0.717) is 64.9 Å². The Kier molecular flexibility index (Phi) is 10.9. The molecule has 4 heterocycles. The van der Waals surface area contributed by atoms with Crippen molar-refractivity contribution in [1.29, 1.82) is 0 Å². The van der Waals surface area contributed by atoms with Crippen LogP contribution < -0.4 is 33.5 Å². The molecule has 0 spiro atoms. The molecule has 0 unspecified atom stereocenters. The largest absolute Gasteiger partial charge is 0.494 e. The lowest BCUT2D eigenvalue weighted by Gasteiger charge is -2.24. The average molecular weight is 831 g/mol. The molecule has 0 bridgehead atoms. The van der Waals surface area contributed by atoms with Crippen molar-refractivity contribution in [2.45, 2.75) is 83.1 Å². The average Bonchev–Trinajstić information content (AvgIpc) is 3.77. The van der Waals surface area contributed by atoms with Crippen LogP contribution in [0.3, 0.4) is 0 Å². The molecule has 2 amide bonds. The van der Waals surface area contributed by atoms with Crippen molar-refractivity contribution in [3.8, 4) is 28.7 Å². The third-order valence-electron chi connectivity index (χ3n) is 12.8. The van der Waals surface area contributed by atoms with Gasteiger partial charge in [0.05, 0.1) is 55.4 Å². The number of hydrogen-bond donors (Lipinski definition) is 0. The van der Waals surface area contributed by atoms with Gasteiger partial charge >= 0.3 is 0 Å². The lowest BCUT2D eigenvalue weighted by molar-refractivity contribution is 0.0978. The molecule has 2 atom stereocenters. The number of fused-ring (bicyclic) bond motifs is 8. The normalized spacial score (nSPS) is 18.1. The Labute approximate surface area is 361 Å². The minimum Gasteiger partial charge on any atom is -0.494 e. The molecule has 0 aromatic heterocycles. The number of carbonyl (C=O) groups excluding carboxylic acids is 2. The van der Waals surface area contributed by atoms with Gasteiger partial charge in [0, 0.05) is 48.8 Å². The standard InChI is InChI=1S/C51H50N4O7/c1-58-46-24-40-42(52-28-37-22-35-14-5-7-16-44(35)54(37)50(40)56)26-48(46)61-30-33-19-34(21-39(20-33)60-18-9-3-4-11-32-12-10-13-32)31-62-49-27-43-41(25-47(49)59-2)51(57)55-38(29-53-43)23-36-15-6-8-17-45(36)55/h5-8,14-17,19-21,24-29,32,37-38H,3-4,9-13,18,22-23,30-31H2,1-2H3/t37-,38-/m0/s1. The first-order chi connectivity index (χ1) is 30.4. The molecule has 5 aromatic rings. The van der Waals surface area contributed by atoms with Crippen LogP contribution in [0.1, 0.15) is 87.9 Å². The number of hydrogen-bond acceptors (Lipinski definition) is 9. The molecule has 11 nitrogen and oxygen atoms in total. The molecule has 62 heavy (non-hydrogen) atoms. The van der Waals surface area contributed by atoms with E-state index in [1.165, 1.54) is 32.1 Å². The number of methoxy groups -OCH3 is 2. The zero-order valence-electron chi connectivity index (χ0n) is 35.2. The summed E-state index contributed by atoms with van der Waals surface area (Å²) in [5.74, 6) is 3.23. The summed E-state index contributed by atoms with van der Waals surface area (Å²) < 4.78 is 30.9.